The number of nitrogens with zero attached hydrogens (tertiary/aromatic N) is 1. The molecule has 1 unspecified atom stereocenters. The summed E-state index contributed by atoms with van der Waals surface area (Å²) in [5, 5.41) is 8.72. The van der Waals surface area contributed by atoms with Crippen molar-refractivity contribution < 1.29 is 14.4 Å². The van der Waals surface area contributed by atoms with Crippen LogP contribution in [0.25, 0.3) is 0 Å². The third kappa shape index (κ3) is 2.17. The fourth-order valence-electron chi connectivity index (χ4n) is 0.833. The van der Waals surface area contributed by atoms with E-state index in [1.54, 1.807) is 13.0 Å². The number of rotatable bonds is 2. The average molecular weight is 264 g/mol. The van der Waals surface area contributed by atoms with Crippen LogP contribution < -0.4 is 4.52 Å². The van der Waals surface area contributed by atoms with E-state index >= 15 is 0 Å². The highest BCUT2D eigenvalue weighted by Crippen LogP contribution is 2.24. The Morgan fingerprint density at radius 3 is 2.85 bits per heavy atom. The Morgan fingerprint density at radius 2 is 2.38 bits per heavy atom. The van der Waals surface area contributed by atoms with E-state index in [0.29, 0.717) is 10.4 Å². The largest absolute Gasteiger partial charge is 0.476 e. The van der Waals surface area contributed by atoms with Gasteiger partial charge in [-0.3, -0.25) is 0 Å². The van der Waals surface area contributed by atoms with Crippen molar-refractivity contribution in [2.45, 2.75) is 6.92 Å². The number of halogens is 1. The molecular formula is C7H7BrNO3P. The number of carboxylic acid groups (broad SMARTS) is 1. The summed E-state index contributed by atoms with van der Waals surface area (Å²) in [4.78, 5) is 14.4. The number of aromatic nitrogens is 1. The average Bonchev–Trinajstić information content (AvgIpc) is 2.03. The molecule has 0 aliphatic heterocycles. The minimum absolute atomic E-state index is 0.0527. The first kappa shape index (κ1) is 10.4. The molecule has 0 spiro atoms. The van der Waals surface area contributed by atoms with Crippen molar-refractivity contribution in [3.8, 4) is 5.88 Å². The van der Waals surface area contributed by atoms with Gasteiger partial charge in [-0.1, -0.05) is 0 Å². The van der Waals surface area contributed by atoms with E-state index in [1.165, 1.54) is 0 Å². The molecule has 1 heterocycles. The molecule has 0 radical (unpaired) electrons. The molecular weight excluding hydrogens is 257 g/mol. The Balaban J connectivity index is 3.30. The van der Waals surface area contributed by atoms with Gasteiger partial charge < -0.3 is 9.63 Å². The molecule has 0 bridgehead atoms. The van der Waals surface area contributed by atoms with Gasteiger partial charge in [0.25, 0.3) is 0 Å². The van der Waals surface area contributed by atoms with E-state index in [2.05, 4.69) is 20.9 Å². The highest BCUT2D eigenvalue weighted by atomic mass is 79.9. The molecule has 1 atom stereocenters. The smallest absolute Gasteiger partial charge is 0.355 e. The Hall–Kier alpha value is -0.670. The lowest BCUT2D eigenvalue weighted by Crippen LogP contribution is -2.03. The van der Waals surface area contributed by atoms with Crippen LogP contribution in [0.4, 0.5) is 0 Å². The molecule has 6 heteroatoms. The minimum atomic E-state index is -1.09. The van der Waals surface area contributed by atoms with Crippen LogP contribution in [-0.2, 0) is 0 Å². The van der Waals surface area contributed by atoms with Gasteiger partial charge in [-0.2, -0.15) is 0 Å². The maximum atomic E-state index is 10.6. The predicted octanol–water partition coefficient (Wildman–Crippen LogP) is 2.02. The molecule has 0 aliphatic carbocycles. The Labute approximate surface area is 85.7 Å². The molecule has 70 valence electrons. The van der Waals surface area contributed by atoms with Gasteiger partial charge in [-0.05, 0) is 28.9 Å². The number of aryl methyl sites for hydroxylation is 1. The highest BCUT2D eigenvalue weighted by Gasteiger charge is 2.13. The van der Waals surface area contributed by atoms with Crippen LogP contribution >= 0.6 is 25.4 Å². The van der Waals surface area contributed by atoms with Crippen molar-refractivity contribution in [2.75, 3.05) is 0 Å². The predicted molar refractivity (Wildman–Crippen MR) is 54.0 cm³/mol. The van der Waals surface area contributed by atoms with Crippen molar-refractivity contribution in [3.63, 3.8) is 0 Å². The van der Waals surface area contributed by atoms with Gasteiger partial charge >= 0.3 is 5.97 Å². The number of carboxylic acids is 1. The van der Waals surface area contributed by atoms with Crippen LogP contribution in [0.1, 0.15) is 16.1 Å². The molecule has 0 aliphatic rings. The maximum Gasteiger partial charge on any atom is 0.355 e. The lowest BCUT2D eigenvalue weighted by atomic mass is 10.2. The van der Waals surface area contributed by atoms with Crippen molar-refractivity contribution in [2.24, 2.45) is 0 Å². The first-order valence-corrected chi connectivity index (χ1v) is 4.60. The normalized spacial score (nSPS) is 9.77. The summed E-state index contributed by atoms with van der Waals surface area (Å²) in [6, 6.07) is 1.65. The first-order valence-electron chi connectivity index (χ1n) is 3.33. The second-order valence-electron chi connectivity index (χ2n) is 2.36. The highest BCUT2D eigenvalue weighted by molar-refractivity contribution is 9.10. The third-order valence-corrected chi connectivity index (χ3v) is 2.26. The fourth-order valence-corrected chi connectivity index (χ4v) is 1.67. The molecule has 13 heavy (non-hydrogen) atoms. The topological polar surface area (TPSA) is 59.4 Å². The lowest BCUT2D eigenvalue weighted by molar-refractivity contribution is 0.0688. The van der Waals surface area contributed by atoms with Crippen molar-refractivity contribution in [1.82, 2.24) is 4.98 Å². The van der Waals surface area contributed by atoms with Crippen LogP contribution in [0.3, 0.4) is 0 Å². The van der Waals surface area contributed by atoms with Gasteiger partial charge in [0.05, 0.1) is 13.9 Å². The van der Waals surface area contributed by atoms with Crippen LogP contribution in [0.15, 0.2) is 10.5 Å². The van der Waals surface area contributed by atoms with Crippen molar-refractivity contribution in [3.05, 3.63) is 21.8 Å². The van der Waals surface area contributed by atoms with Gasteiger partial charge in [0.1, 0.15) is 0 Å². The Morgan fingerprint density at radius 1 is 1.77 bits per heavy atom. The summed E-state index contributed by atoms with van der Waals surface area (Å²) in [6.07, 6.45) is 0. The summed E-state index contributed by atoms with van der Waals surface area (Å²) in [5.74, 6) is -0.791. The first-order chi connectivity index (χ1) is 6.06. The quantitative estimate of drug-likeness (QED) is 0.830. The van der Waals surface area contributed by atoms with Crippen molar-refractivity contribution >= 4 is 31.4 Å². The van der Waals surface area contributed by atoms with Crippen LogP contribution in [0, 0.1) is 6.92 Å². The second kappa shape index (κ2) is 4.03. The van der Waals surface area contributed by atoms with Gasteiger partial charge in [0.2, 0.25) is 5.88 Å². The second-order valence-corrected chi connectivity index (χ2v) is 3.45. The third-order valence-electron chi connectivity index (χ3n) is 1.43. The van der Waals surface area contributed by atoms with E-state index in [0.717, 1.165) is 5.56 Å². The maximum absolute atomic E-state index is 10.6. The van der Waals surface area contributed by atoms with Gasteiger partial charge in [0, 0.05) is 5.56 Å². The monoisotopic (exact) mass is 263 g/mol. The molecule has 0 saturated carbocycles. The van der Waals surface area contributed by atoms with Gasteiger partial charge in [0.15, 0.2) is 5.69 Å². The van der Waals surface area contributed by atoms with E-state index in [1.807, 2.05) is 9.47 Å². The summed E-state index contributed by atoms with van der Waals surface area (Å²) in [5.41, 5.74) is 0.718. The van der Waals surface area contributed by atoms with E-state index in [4.69, 9.17) is 9.63 Å². The molecule has 0 aromatic carbocycles. The molecule has 1 rings (SSSR count). The molecule has 0 fully saturated rings. The number of hydrogen-bond acceptors (Lipinski definition) is 3. The van der Waals surface area contributed by atoms with Crippen LogP contribution in [0.2, 0.25) is 0 Å². The van der Waals surface area contributed by atoms with Crippen LogP contribution in [-0.4, -0.2) is 16.1 Å². The zero-order valence-corrected chi connectivity index (χ0v) is 9.48. The van der Waals surface area contributed by atoms with Crippen molar-refractivity contribution in [1.29, 1.82) is 0 Å². The molecule has 1 aromatic heterocycles. The Kier molecular flexibility index (Phi) is 3.22. The Bertz CT molecular complexity index is 356. The van der Waals surface area contributed by atoms with E-state index in [9.17, 15) is 4.79 Å². The summed E-state index contributed by atoms with van der Waals surface area (Å²) in [6.45, 7) is 1.78. The number of aromatic carboxylic acids is 1. The molecule has 1 N–H and O–H groups in total. The van der Waals surface area contributed by atoms with E-state index in [-0.39, 0.29) is 5.69 Å². The fraction of sp³-hybridized carbons (Fsp3) is 0.143. The minimum Gasteiger partial charge on any atom is -0.476 e. The lowest BCUT2D eigenvalue weighted by Gasteiger charge is -2.05. The summed E-state index contributed by atoms with van der Waals surface area (Å²) in [7, 11) is 2.03. The van der Waals surface area contributed by atoms with Gasteiger partial charge in [-0.15, -0.1) is 0 Å². The number of pyridine rings is 1. The summed E-state index contributed by atoms with van der Waals surface area (Å²) < 4.78 is 5.26. The standard InChI is InChI=1S/C7H7BrNO3P/c1-3-2-4(8)5(7(10)11)9-6(3)12-13/h2H,13H2,1H3,(H,10,11). The SMILES string of the molecule is Cc1cc(Br)c(C(=O)O)nc1OP. The zero-order valence-electron chi connectivity index (χ0n) is 6.74. The molecule has 4 nitrogen and oxygen atoms in total. The number of carbonyl (C=O) groups is 1. The number of hydrogen-bond donors (Lipinski definition) is 1. The van der Waals surface area contributed by atoms with Crippen LogP contribution in [0.5, 0.6) is 5.88 Å². The molecule has 1 aromatic rings. The summed E-state index contributed by atoms with van der Waals surface area (Å²) >= 11 is 3.11. The van der Waals surface area contributed by atoms with E-state index < -0.39 is 5.97 Å². The molecule has 0 saturated heterocycles. The molecule has 0 amide bonds. The van der Waals surface area contributed by atoms with Gasteiger partial charge in [-0.25, -0.2) is 9.78 Å². The zero-order chi connectivity index (χ0) is 10.0.